The fourth-order valence-corrected chi connectivity index (χ4v) is 5.72. The topological polar surface area (TPSA) is 79.1 Å². The molecule has 32 heavy (non-hydrogen) atoms. The molecule has 0 saturated heterocycles. The van der Waals surface area contributed by atoms with Crippen LogP contribution < -0.4 is 24.4 Å². The second kappa shape index (κ2) is 8.07. The number of benzene rings is 1. The van der Waals surface area contributed by atoms with E-state index in [1.54, 1.807) is 18.4 Å². The molecule has 2 aliphatic heterocycles. The Labute approximate surface area is 191 Å². The first-order valence-corrected chi connectivity index (χ1v) is 11.8. The van der Waals surface area contributed by atoms with E-state index in [2.05, 4.69) is 4.99 Å². The van der Waals surface area contributed by atoms with E-state index in [1.807, 2.05) is 42.6 Å². The molecule has 4 heterocycles. The molecular weight excluding hydrogens is 448 g/mol. The van der Waals surface area contributed by atoms with Gasteiger partial charge in [0, 0.05) is 4.88 Å². The fraction of sp³-hybridized carbons (Fsp3) is 0.261. The number of esters is 1. The molecule has 164 valence electrons. The maximum Gasteiger partial charge on any atom is 0.338 e. The molecule has 7 nitrogen and oxygen atoms in total. The number of aromatic nitrogens is 1. The van der Waals surface area contributed by atoms with E-state index in [1.165, 1.54) is 22.7 Å². The Hall–Kier alpha value is -3.17. The Morgan fingerprint density at radius 1 is 1.31 bits per heavy atom. The highest BCUT2D eigenvalue weighted by molar-refractivity contribution is 7.10. The van der Waals surface area contributed by atoms with E-state index in [9.17, 15) is 9.59 Å². The number of carbonyl (C=O) groups is 1. The van der Waals surface area contributed by atoms with Gasteiger partial charge in [-0.2, -0.15) is 0 Å². The van der Waals surface area contributed by atoms with Gasteiger partial charge in [0.15, 0.2) is 16.3 Å². The van der Waals surface area contributed by atoms with Gasteiger partial charge in [-0.3, -0.25) is 9.36 Å². The second-order valence-electron chi connectivity index (χ2n) is 7.38. The standard InChI is InChI=1S/C23H20N2O5S2/c1-4-28-22(27)19-13(3)24-23-25(20(19)17-6-5-7-31-17)21(26)18(32-23)10-14-9-16-15(8-12(14)2)29-11-30-16/h5-10,20H,4,11H2,1-3H3/b18-10-/t20-/m1/s1. The lowest BCUT2D eigenvalue weighted by atomic mass is 10.0. The molecule has 0 aliphatic carbocycles. The number of thiazole rings is 1. The Bertz CT molecular complexity index is 1430. The van der Waals surface area contributed by atoms with Crippen LogP contribution in [0.1, 0.15) is 35.9 Å². The predicted molar refractivity (Wildman–Crippen MR) is 122 cm³/mol. The van der Waals surface area contributed by atoms with Crippen molar-refractivity contribution in [2.24, 2.45) is 4.99 Å². The van der Waals surface area contributed by atoms with Crippen LogP contribution >= 0.6 is 22.7 Å². The zero-order valence-corrected chi connectivity index (χ0v) is 19.3. The Balaban J connectivity index is 1.70. The third kappa shape index (κ3) is 3.37. The van der Waals surface area contributed by atoms with Crippen LogP contribution in [0.15, 0.2) is 50.7 Å². The van der Waals surface area contributed by atoms with Gasteiger partial charge in [0.25, 0.3) is 5.56 Å². The molecule has 5 rings (SSSR count). The monoisotopic (exact) mass is 468 g/mol. The number of hydrogen-bond donors (Lipinski definition) is 0. The van der Waals surface area contributed by atoms with E-state index >= 15 is 0 Å². The summed E-state index contributed by atoms with van der Waals surface area (Å²) in [6.45, 7) is 5.95. The summed E-state index contributed by atoms with van der Waals surface area (Å²) >= 11 is 2.80. The molecule has 0 unspecified atom stereocenters. The molecule has 0 amide bonds. The number of rotatable bonds is 4. The van der Waals surface area contributed by atoms with E-state index in [-0.39, 0.29) is 19.0 Å². The summed E-state index contributed by atoms with van der Waals surface area (Å²) in [4.78, 5) is 32.4. The van der Waals surface area contributed by atoms with Crippen LogP contribution in [0.5, 0.6) is 11.5 Å². The van der Waals surface area contributed by atoms with Crippen LogP contribution in [0.2, 0.25) is 0 Å². The average Bonchev–Trinajstić information content (AvgIpc) is 3.49. The van der Waals surface area contributed by atoms with Crippen molar-refractivity contribution in [3.8, 4) is 11.5 Å². The number of fused-ring (bicyclic) bond motifs is 2. The smallest absolute Gasteiger partial charge is 0.338 e. The highest BCUT2D eigenvalue weighted by Gasteiger charge is 2.33. The van der Waals surface area contributed by atoms with Crippen molar-refractivity contribution in [3.63, 3.8) is 0 Å². The van der Waals surface area contributed by atoms with Gasteiger partial charge in [-0.1, -0.05) is 17.4 Å². The molecule has 0 radical (unpaired) electrons. The van der Waals surface area contributed by atoms with Gasteiger partial charge in [-0.15, -0.1) is 11.3 Å². The molecule has 2 aliphatic rings. The lowest BCUT2D eigenvalue weighted by molar-refractivity contribution is -0.139. The third-order valence-electron chi connectivity index (χ3n) is 5.38. The first-order chi connectivity index (χ1) is 15.5. The molecule has 2 aromatic heterocycles. The van der Waals surface area contributed by atoms with Gasteiger partial charge >= 0.3 is 5.97 Å². The van der Waals surface area contributed by atoms with Crippen LogP contribution in [-0.4, -0.2) is 23.9 Å². The molecule has 1 atom stereocenters. The van der Waals surface area contributed by atoms with Crippen LogP contribution in [0.4, 0.5) is 0 Å². The quantitative estimate of drug-likeness (QED) is 0.550. The average molecular weight is 469 g/mol. The van der Waals surface area contributed by atoms with Gasteiger partial charge in [0.1, 0.15) is 6.04 Å². The van der Waals surface area contributed by atoms with Crippen molar-refractivity contribution in [1.82, 2.24) is 4.57 Å². The summed E-state index contributed by atoms with van der Waals surface area (Å²) in [5.74, 6) is 0.910. The largest absolute Gasteiger partial charge is 0.463 e. The van der Waals surface area contributed by atoms with Crippen LogP contribution in [0.25, 0.3) is 6.08 Å². The fourth-order valence-electron chi connectivity index (χ4n) is 3.86. The van der Waals surface area contributed by atoms with Crippen molar-refractivity contribution in [2.75, 3.05) is 13.4 Å². The van der Waals surface area contributed by atoms with E-state index in [0.29, 0.717) is 32.1 Å². The molecule has 0 spiro atoms. The van der Waals surface area contributed by atoms with Crippen LogP contribution in [-0.2, 0) is 9.53 Å². The maximum absolute atomic E-state index is 13.6. The van der Waals surface area contributed by atoms with Gasteiger partial charge < -0.3 is 14.2 Å². The van der Waals surface area contributed by atoms with Crippen molar-refractivity contribution < 1.29 is 19.0 Å². The molecule has 0 fully saturated rings. The number of aryl methyl sites for hydroxylation is 1. The molecule has 0 saturated carbocycles. The minimum atomic E-state index is -0.565. The number of ether oxygens (including phenoxy) is 3. The SMILES string of the molecule is CCOC(=O)C1=C(C)N=c2s/c(=C\c3cc4c(cc3C)OCO4)c(=O)n2[C@@H]1c1cccs1. The Morgan fingerprint density at radius 3 is 2.81 bits per heavy atom. The minimum absolute atomic E-state index is 0.192. The number of nitrogens with zero attached hydrogens (tertiary/aromatic N) is 2. The predicted octanol–water partition coefficient (Wildman–Crippen LogP) is 2.90. The molecule has 0 N–H and O–H groups in total. The van der Waals surface area contributed by atoms with Crippen LogP contribution in [0.3, 0.4) is 0 Å². The van der Waals surface area contributed by atoms with Crippen molar-refractivity contribution >= 4 is 34.7 Å². The highest BCUT2D eigenvalue weighted by Crippen LogP contribution is 2.35. The zero-order valence-electron chi connectivity index (χ0n) is 17.7. The second-order valence-corrected chi connectivity index (χ2v) is 9.37. The van der Waals surface area contributed by atoms with Crippen molar-refractivity contribution in [3.05, 3.63) is 76.6 Å². The molecule has 0 bridgehead atoms. The lowest BCUT2D eigenvalue weighted by Gasteiger charge is -2.23. The Morgan fingerprint density at radius 2 is 2.09 bits per heavy atom. The maximum atomic E-state index is 13.6. The molecule has 1 aromatic carbocycles. The lowest BCUT2D eigenvalue weighted by Crippen LogP contribution is -2.39. The van der Waals surface area contributed by atoms with Crippen LogP contribution in [0, 0.1) is 6.92 Å². The number of allylic oxidation sites excluding steroid dienone is 1. The van der Waals surface area contributed by atoms with E-state index in [4.69, 9.17) is 14.2 Å². The number of carbonyl (C=O) groups excluding carboxylic acids is 1. The first-order valence-electron chi connectivity index (χ1n) is 10.1. The van der Waals surface area contributed by atoms with E-state index < -0.39 is 12.0 Å². The number of hydrogen-bond acceptors (Lipinski definition) is 8. The first kappa shape index (κ1) is 20.7. The van der Waals surface area contributed by atoms with Gasteiger partial charge in [-0.05, 0) is 61.6 Å². The summed E-state index contributed by atoms with van der Waals surface area (Å²) < 4.78 is 18.4. The van der Waals surface area contributed by atoms with Gasteiger partial charge in [0.05, 0.1) is 22.4 Å². The summed E-state index contributed by atoms with van der Waals surface area (Å²) in [7, 11) is 0. The zero-order chi connectivity index (χ0) is 22.4. The van der Waals surface area contributed by atoms with Crippen molar-refractivity contribution in [1.29, 1.82) is 0 Å². The van der Waals surface area contributed by atoms with Gasteiger partial charge in [0.2, 0.25) is 6.79 Å². The highest BCUT2D eigenvalue weighted by atomic mass is 32.1. The molecular formula is C23H20N2O5S2. The summed E-state index contributed by atoms with van der Waals surface area (Å²) in [5, 5.41) is 1.93. The van der Waals surface area contributed by atoms with Gasteiger partial charge in [-0.25, -0.2) is 9.79 Å². The molecule has 3 aromatic rings. The Kier molecular flexibility index (Phi) is 5.22. The van der Waals surface area contributed by atoms with Crippen molar-refractivity contribution in [2.45, 2.75) is 26.8 Å². The third-order valence-corrected chi connectivity index (χ3v) is 7.29. The summed E-state index contributed by atoms with van der Waals surface area (Å²) in [5.41, 5.74) is 2.60. The number of thiophene rings is 1. The normalized spacial score (nSPS) is 17.3. The summed E-state index contributed by atoms with van der Waals surface area (Å²) in [6, 6.07) is 7.05. The minimum Gasteiger partial charge on any atom is -0.463 e. The van der Waals surface area contributed by atoms with E-state index in [0.717, 1.165) is 16.0 Å². The summed E-state index contributed by atoms with van der Waals surface area (Å²) in [6.07, 6.45) is 1.84. The molecule has 9 heteroatoms.